The Kier molecular flexibility index (Phi) is 5.48. The Balaban J connectivity index is 1.48. The molecule has 4 rings (SSSR count). The van der Waals surface area contributed by atoms with Crippen LogP contribution < -0.4 is 0 Å². The van der Waals surface area contributed by atoms with Gasteiger partial charge in [-0.25, -0.2) is 18.4 Å². The number of nitrogens with zero attached hydrogens (tertiary/aromatic N) is 4. The van der Waals surface area contributed by atoms with Crippen LogP contribution in [-0.2, 0) is 10.0 Å². The average molecular weight is 445 g/mol. The zero-order chi connectivity index (χ0) is 21.5. The van der Waals surface area contributed by atoms with Crippen LogP contribution in [-0.4, -0.2) is 59.7 Å². The van der Waals surface area contributed by atoms with Gasteiger partial charge in [0.05, 0.1) is 27.3 Å². The third-order valence-corrected chi connectivity index (χ3v) is 7.46. The highest BCUT2D eigenvalue weighted by Crippen LogP contribution is 2.21. The maximum atomic E-state index is 13.0. The second-order valence-electron chi connectivity index (χ2n) is 7.25. The van der Waals surface area contributed by atoms with Gasteiger partial charge in [0.15, 0.2) is 0 Å². The summed E-state index contributed by atoms with van der Waals surface area (Å²) in [7, 11) is -3.61. The van der Waals surface area contributed by atoms with Crippen LogP contribution in [0.1, 0.15) is 21.7 Å². The molecule has 0 saturated carbocycles. The Morgan fingerprint density at radius 2 is 1.50 bits per heavy atom. The monoisotopic (exact) mass is 444 g/mol. The Morgan fingerprint density at radius 3 is 2.13 bits per heavy atom. The van der Waals surface area contributed by atoms with Gasteiger partial charge in [-0.15, -0.1) is 0 Å². The zero-order valence-corrected chi connectivity index (χ0v) is 18.2. The highest BCUT2D eigenvalue weighted by molar-refractivity contribution is 7.89. The van der Waals surface area contributed by atoms with Crippen LogP contribution in [0.2, 0.25) is 5.02 Å². The van der Waals surface area contributed by atoms with Crippen LogP contribution in [0, 0.1) is 13.8 Å². The van der Waals surface area contributed by atoms with Crippen molar-refractivity contribution in [1.29, 1.82) is 0 Å². The molecule has 2 heterocycles. The highest BCUT2D eigenvalue weighted by atomic mass is 35.5. The lowest BCUT2D eigenvalue weighted by Crippen LogP contribution is -2.50. The first-order valence-electron chi connectivity index (χ1n) is 9.56. The highest BCUT2D eigenvalue weighted by Gasteiger charge is 2.30. The predicted molar refractivity (Wildman–Crippen MR) is 115 cm³/mol. The van der Waals surface area contributed by atoms with Crippen LogP contribution in [0.3, 0.4) is 0 Å². The summed E-state index contributed by atoms with van der Waals surface area (Å²) in [6, 6.07) is 11.4. The standard InChI is InChI=1S/C21H21ClN4O3S/c1-14-15(2)24-20-13-16(3-8-19(20)23-14)21(27)25-9-11-26(12-10-25)30(28,29)18-6-4-17(22)5-7-18/h3-8,13H,9-12H2,1-2H3. The lowest BCUT2D eigenvalue weighted by atomic mass is 10.1. The maximum absolute atomic E-state index is 13.0. The van der Waals surface area contributed by atoms with Crippen molar-refractivity contribution < 1.29 is 13.2 Å². The molecule has 7 nitrogen and oxygen atoms in total. The Hall–Kier alpha value is -2.55. The van der Waals surface area contributed by atoms with E-state index >= 15 is 0 Å². The first-order chi connectivity index (χ1) is 14.3. The lowest BCUT2D eigenvalue weighted by molar-refractivity contribution is 0.0698. The number of benzene rings is 2. The van der Waals surface area contributed by atoms with Gasteiger partial charge in [-0.2, -0.15) is 4.31 Å². The van der Waals surface area contributed by atoms with Crippen LogP contribution in [0.15, 0.2) is 47.4 Å². The fraction of sp³-hybridized carbons (Fsp3) is 0.286. The van der Waals surface area contributed by atoms with E-state index in [1.54, 1.807) is 35.2 Å². The molecule has 3 aromatic rings. The van der Waals surface area contributed by atoms with Crippen LogP contribution >= 0.6 is 11.6 Å². The minimum absolute atomic E-state index is 0.138. The molecule has 0 unspecified atom stereocenters. The number of hydrogen-bond acceptors (Lipinski definition) is 5. The molecule has 9 heteroatoms. The quantitative estimate of drug-likeness (QED) is 0.620. The molecule has 0 atom stereocenters. The Morgan fingerprint density at radius 1 is 0.900 bits per heavy atom. The number of aromatic nitrogens is 2. The first-order valence-corrected chi connectivity index (χ1v) is 11.4. The molecule has 2 aromatic carbocycles. The molecule has 0 N–H and O–H groups in total. The number of hydrogen-bond donors (Lipinski definition) is 0. The number of halogens is 1. The molecule has 1 aliphatic rings. The van der Waals surface area contributed by atoms with E-state index in [1.807, 2.05) is 13.8 Å². The third kappa shape index (κ3) is 3.90. The van der Waals surface area contributed by atoms with Gasteiger partial charge in [-0.3, -0.25) is 4.79 Å². The number of carbonyl (C=O) groups is 1. The molecule has 0 spiro atoms. The molecule has 0 bridgehead atoms. The summed E-state index contributed by atoms with van der Waals surface area (Å²) in [6.45, 7) is 4.91. The topological polar surface area (TPSA) is 83.5 Å². The Labute approximate surface area is 180 Å². The lowest BCUT2D eigenvalue weighted by Gasteiger charge is -2.34. The number of piperazine rings is 1. The molecule has 1 aliphatic heterocycles. The molecule has 1 saturated heterocycles. The second-order valence-corrected chi connectivity index (χ2v) is 9.62. The van der Waals surface area contributed by atoms with E-state index in [0.29, 0.717) is 29.2 Å². The van der Waals surface area contributed by atoms with Gasteiger partial charge in [0.1, 0.15) is 0 Å². The van der Waals surface area contributed by atoms with Crippen molar-refractivity contribution in [1.82, 2.24) is 19.2 Å². The fourth-order valence-electron chi connectivity index (χ4n) is 3.43. The van der Waals surface area contributed by atoms with Crippen LogP contribution in [0.25, 0.3) is 11.0 Å². The van der Waals surface area contributed by atoms with Gasteiger partial charge in [0.2, 0.25) is 10.0 Å². The normalized spacial score (nSPS) is 15.5. The largest absolute Gasteiger partial charge is 0.336 e. The summed E-state index contributed by atoms with van der Waals surface area (Å²) in [5.74, 6) is -0.138. The minimum atomic E-state index is -3.61. The molecule has 1 fully saturated rings. The van der Waals surface area contributed by atoms with E-state index in [2.05, 4.69) is 9.97 Å². The van der Waals surface area contributed by atoms with Crippen molar-refractivity contribution in [2.24, 2.45) is 0 Å². The molecule has 0 aliphatic carbocycles. The van der Waals surface area contributed by atoms with Crippen molar-refractivity contribution in [2.45, 2.75) is 18.7 Å². The van der Waals surface area contributed by atoms with Gasteiger partial charge >= 0.3 is 0 Å². The number of carbonyl (C=O) groups excluding carboxylic acids is 1. The van der Waals surface area contributed by atoms with Gasteiger partial charge in [-0.1, -0.05) is 11.6 Å². The van der Waals surface area contributed by atoms with Crippen molar-refractivity contribution in [3.05, 3.63) is 64.4 Å². The Bertz CT molecular complexity index is 1220. The molecule has 1 aromatic heterocycles. The molecule has 0 radical (unpaired) electrons. The molecular formula is C21H21ClN4O3S. The molecule has 156 valence electrons. The van der Waals surface area contributed by atoms with Crippen molar-refractivity contribution >= 4 is 38.6 Å². The van der Waals surface area contributed by atoms with Crippen molar-refractivity contribution in [3.8, 4) is 0 Å². The third-order valence-electron chi connectivity index (χ3n) is 5.30. The van der Waals surface area contributed by atoms with E-state index in [1.165, 1.54) is 16.4 Å². The summed E-state index contributed by atoms with van der Waals surface area (Å²) in [4.78, 5) is 23.8. The average Bonchev–Trinajstić information content (AvgIpc) is 2.74. The minimum Gasteiger partial charge on any atom is -0.336 e. The molecular weight excluding hydrogens is 424 g/mol. The van der Waals surface area contributed by atoms with Crippen LogP contribution in [0.4, 0.5) is 0 Å². The number of aryl methyl sites for hydroxylation is 2. The fourth-order valence-corrected chi connectivity index (χ4v) is 4.98. The summed E-state index contributed by atoms with van der Waals surface area (Å²) < 4.78 is 27.0. The van der Waals surface area contributed by atoms with Gasteiger partial charge in [0, 0.05) is 36.8 Å². The molecule has 30 heavy (non-hydrogen) atoms. The van der Waals surface area contributed by atoms with Crippen LogP contribution in [0.5, 0.6) is 0 Å². The number of amides is 1. The summed E-state index contributed by atoms with van der Waals surface area (Å²) >= 11 is 5.85. The van der Waals surface area contributed by atoms with Gasteiger partial charge < -0.3 is 4.90 Å². The number of rotatable bonds is 3. The predicted octanol–water partition coefficient (Wildman–Crippen LogP) is 3.05. The second kappa shape index (κ2) is 7.94. The van der Waals surface area contributed by atoms with E-state index in [0.717, 1.165) is 16.9 Å². The van der Waals surface area contributed by atoms with E-state index < -0.39 is 10.0 Å². The van der Waals surface area contributed by atoms with E-state index in [4.69, 9.17) is 11.6 Å². The SMILES string of the molecule is Cc1nc2ccc(C(=O)N3CCN(S(=O)(=O)c4ccc(Cl)cc4)CC3)cc2nc1C. The van der Waals surface area contributed by atoms with E-state index in [9.17, 15) is 13.2 Å². The first kappa shape index (κ1) is 20.7. The smallest absolute Gasteiger partial charge is 0.254 e. The summed E-state index contributed by atoms with van der Waals surface area (Å²) in [6.07, 6.45) is 0. The summed E-state index contributed by atoms with van der Waals surface area (Å²) in [5, 5.41) is 0.481. The van der Waals surface area contributed by atoms with Crippen molar-refractivity contribution in [3.63, 3.8) is 0 Å². The van der Waals surface area contributed by atoms with Gasteiger partial charge in [0.25, 0.3) is 5.91 Å². The van der Waals surface area contributed by atoms with Crippen molar-refractivity contribution in [2.75, 3.05) is 26.2 Å². The zero-order valence-electron chi connectivity index (χ0n) is 16.7. The number of sulfonamides is 1. The van der Waals surface area contributed by atoms with Gasteiger partial charge in [-0.05, 0) is 56.3 Å². The maximum Gasteiger partial charge on any atom is 0.254 e. The number of fused-ring (bicyclic) bond motifs is 1. The molecule has 1 amide bonds. The summed E-state index contributed by atoms with van der Waals surface area (Å²) in [5.41, 5.74) is 3.63. The van der Waals surface area contributed by atoms with E-state index in [-0.39, 0.29) is 23.9 Å².